The highest BCUT2D eigenvalue weighted by Gasteiger charge is 2.44. The zero-order chi connectivity index (χ0) is 25.2. The topological polar surface area (TPSA) is 134 Å². The summed E-state index contributed by atoms with van der Waals surface area (Å²) < 4.78 is 10.2. The minimum absolute atomic E-state index is 0.0892. The monoisotopic (exact) mass is 491 g/mol. The number of aromatic amines is 1. The second-order valence-electron chi connectivity index (χ2n) is 9.17. The number of esters is 1. The highest BCUT2D eigenvalue weighted by Crippen LogP contribution is 2.38. The number of hydrogen-bond acceptors (Lipinski definition) is 9. The summed E-state index contributed by atoms with van der Waals surface area (Å²) in [5.41, 5.74) is 1.94. The molecule has 5 heterocycles. The van der Waals surface area contributed by atoms with Gasteiger partial charge in [0.05, 0.1) is 18.2 Å². The number of carbonyl (C=O) groups is 2. The largest absolute Gasteiger partial charge is 0.465 e. The number of aryl methyl sites for hydroxylation is 1. The van der Waals surface area contributed by atoms with Gasteiger partial charge in [0.15, 0.2) is 5.82 Å². The molecule has 11 heteroatoms. The first kappa shape index (κ1) is 23.6. The van der Waals surface area contributed by atoms with Gasteiger partial charge in [0.25, 0.3) is 0 Å². The number of pyridine rings is 2. The molecule has 1 unspecified atom stereocenters. The van der Waals surface area contributed by atoms with Crippen LogP contribution in [0.15, 0.2) is 37.1 Å². The molecule has 5 rings (SSSR count). The smallest absolute Gasteiger partial charge is 0.410 e. The summed E-state index contributed by atoms with van der Waals surface area (Å²) in [6.45, 7) is 5.74. The maximum atomic E-state index is 12.6. The minimum atomic E-state index is -0.464. The number of rotatable bonds is 7. The van der Waals surface area contributed by atoms with E-state index >= 15 is 0 Å². The Hall–Kier alpha value is -4.15. The van der Waals surface area contributed by atoms with Crippen LogP contribution in [0.5, 0.6) is 0 Å². The van der Waals surface area contributed by atoms with E-state index in [4.69, 9.17) is 14.5 Å². The lowest BCUT2D eigenvalue weighted by atomic mass is 9.97. The molecule has 0 aromatic carbocycles. The van der Waals surface area contributed by atoms with Gasteiger partial charge in [-0.2, -0.15) is 5.10 Å². The number of anilines is 3. The number of piperidine rings is 1. The third-order valence-corrected chi connectivity index (χ3v) is 6.67. The van der Waals surface area contributed by atoms with Gasteiger partial charge in [-0.1, -0.05) is 12.7 Å². The molecular formula is C25H29N7O4. The van der Waals surface area contributed by atoms with Gasteiger partial charge in [-0.3, -0.25) is 10.1 Å². The van der Waals surface area contributed by atoms with Crippen molar-refractivity contribution in [1.29, 1.82) is 0 Å². The maximum Gasteiger partial charge on any atom is 0.410 e. The van der Waals surface area contributed by atoms with Crippen molar-refractivity contribution >= 4 is 40.4 Å². The van der Waals surface area contributed by atoms with Crippen LogP contribution in [0.1, 0.15) is 41.7 Å². The molecule has 11 nitrogen and oxygen atoms in total. The lowest BCUT2D eigenvalue weighted by molar-refractivity contribution is 0.0600. The SMILES string of the molecule is C=CCOC(=O)N1[C@@H]2CC[C@H]1CC(Nc1nc(Nc3cc(C)[nH]n3)cc3ncc(C(=O)OC)cc13)C2. The van der Waals surface area contributed by atoms with Crippen LogP contribution in [0, 0.1) is 6.92 Å². The fourth-order valence-corrected chi connectivity index (χ4v) is 5.13. The molecule has 3 atom stereocenters. The summed E-state index contributed by atoms with van der Waals surface area (Å²) in [5, 5.41) is 14.6. The number of fused-ring (bicyclic) bond motifs is 3. The van der Waals surface area contributed by atoms with Crippen molar-refractivity contribution in [2.45, 2.75) is 50.7 Å². The van der Waals surface area contributed by atoms with E-state index in [1.54, 1.807) is 12.1 Å². The van der Waals surface area contributed by atoms with Gasteiger partial charge in [0.2, 0.25) is 0 Å². The van der Waals surface area contributed by atoms with Gasteiger partial charge in [-0.25, -0.2) is 14.6 Å². The first-order chi connectivity index (χ1) is 17.4. The van der Waals surface area contributed by atoms with Crippen LogP contribution in [0.2, 0.25) is 0 Å². The molecule has 2 bridgehead atoms. The summed E-state index contributed by atoms with van der Waals surface area (Å²) >= 11 is 0. The summed E-state index contributed by atoms with van der Waals surface area (Å²) in [6.07, 6.45) is 6.20. The van der Waals surface area contributed by atoms with Crippen molar-refractivity contribution in [1.82, 2.24) is 25.1 Å². The molecule has 2 fully saturated rings. The molecule has 3 aromatic heterocycles. The number of H-pyrrole nitrogens is 1. The predicted molar refractivity (Wildman–Crippen MR) is 134 cm³/mol. The van der Waals surface area contributed by atoms with E-state index in [0.717, 1.165) is 31.4 Å². The Morgan fingerprint density at radius 1 is 1.22 bits per heavy atom. The molecule has 36 heavy (non-hydrogen) atoms. The first-order valence-corrected chi connectivity index (χ1v) is 12.0. The summed E-state index contributed by atoms with van der Waals surface area (Å²) in [6, 6.07) is 5.72. The van der Waals surface area contributed by atoms with Crippen LogP contribution in [0.4, 0.5) is 22.2 Å². The fourth-order valence-electron chi connectivity index (χ4n) is 5.13. The number of amides is 1. The van der Waals surface area contributed by atoms with Crippen LogP contribution in [0.3, 0.4) is 0 Å². The molecule has 3 aromatic rings. The number of nitrogens with zero attached hydrogens (tertiary/aromatic N) is 4. The van der Waals surface area contributed by atoms with Gasteiger partial charge in [0, 0.05) is 47.5 Å². The summed E-state index contributed by atoms with van der Waals surface area (Å²) in [7, 11) is 1.34. The normalized spacial score (nSPS) is 20.7. The van der Waals surface area contributed by atoms with E-state index in [2.05, 4.69) is 32.4 Å². The highest BCUT2D eigenvalue weighted by atomic mass is 16.6. The van der Waals surface area contributed by atoms with Crippen LogP contribution in [-0.4, -0.2) is 69.0 Å². The third kappa shape index (κ3) is 4.68. The number of methoxy groups -OCH3 is 1. The molecule has 2 aliphatic heterocycles. The van der Waals surface area contributed by atoms with E-state index in [1.165, 1.54) is 13.3 Å². The lowest BCUT2D eigenvalue weighted by Gasteiger charge is -2.38. The Balaban J connectivity index is 1.43. The summed E-state index contributed by atoms with van der Waals surface area (Å²) in [4.78, 5) is 35.9. The third-order valence-electron chi connectivity index (χ3n) is 6.67. The molecule has 0 spiro atoms. The number of aromatic nitrogens is 4. The molecular weight excluding hydrogens is 462 g/mol. The van der Waals surface area contributed by atoms with Gasteiger partial charge < -0.3 is 25.0 Å². The molecule has 1 amide bonds. The van der Waals surface area contributed by atoms with Crippen molar-refractivity contribution in [3.8, 4) is 0 Å². The number of nitrogens with one attached hydrogen (secondary N) is 3. The Labute approximate surface area is 208 Å². The van der Waals surface area contributed by atoms with Crippen molar-refractivity contribution < 1.29 is 19.1 Å². The predicted octanol–water partition coefficient (Wildman–Crippen LogP) is 3.92. The van der Waals surface area contributed by atoms with Crippen molar-refractivity contribution in [2.75, 3.05) is 24.4 Å². The van der Waals surface area contributed by atoms with E-state index in [9.17, 15) is 9.59 Å². The second kappa shape index (κ2) is 9.84. The Morgan fingerprint density at radius 3 is 2.67 bits per heavy atom. The second-order valence-corrected chi connectivity index (χ2v) is 9.17. The van der Waals surface area contributed by atoms with Crippen LogP contribution in [0.25, 0.3) is 10.9 Å². The minimum Gasteiger partial charge on any atom is -0.465 e. The fraction of sp³-hybridized carbons (Fsp3) is 0.400. The molecule has 2 aliphatic rings. The molecule has 2 saturated heterocycles. The average Bonchev–Trinajstić information content (AvgIpc) is 3.40. The van der Waals surface area contributed by atoms with Gasteiger partial charge >= 0.3 is 12.1 Å². The standard InChI is InChI=1S/C25H29N7O4/c1-4-7-36-25(34)32-17-5-6-18(32)11-16(10-17)27-23-19-9-15(24(33)35-3)13-26-20(19)12-21(29-23)28-22-8-14(2)30-31-22/h4,8-9,12-13,16-18H,1,5-7,10-11H2,2-3H3,(H3,27,28,29,30,31)/t16?,17-,18+. The van der Waals surface area contributed by atoms with E-state index in [-0.39, 0.29) is 30.8 Å². The van der Waals surface area contributed by atoms with Gasteiger partial charge in [0.1, 0.15) is 18.2 Å². The van der Waals surface area contributed by atoms with Crippen LogP contribution in [-0.2, 0) is 9.47 Å². The van der Waals surface area contributed by atoms with E-state index < -0.39 is 5.97 Å². The maximum absolute atomic E-state index is 12.6. The Kier molecular flexibility index (Phi) is 6.45. The molecule has 0 aliphatic carbocycles. The van der Waals surface area contributed by atoms with Gasteiger partial charge in [-0.05, 0) is 38.7 Å². The Morgan fingerprint density at radius 2 is 2.00 bits per heavy atom. The molecule has 188 valence electrons. The summed E-state index contributed by atoms with van der Waals surface area (Å²) in [5.74, 6) is 1.35. The lowest BCUT2D eigenvalue weighted by Crippen LogP contribution is -2.50. The zero-order valence-electron chi connectivity index (χ0n) is 20.3. The zero-order valence-corrected chi connectivity index (χ0v) is 20.3. The first-order valence-electron chi connectivity index (χ1n) is 12.0. The van der Waals surface area contributed by atoms with Crippen molar-refractivity contribution in [3.05, 3.63) is 48.3 Å². The number of hydrogen-bond donors (Lipinski definition) is 3. The molecule has 3 N–H and O–H groups in total. The van der Waals surface area contributed by atoms with Crippen LogP contribution < -0.4 is 10.6 Å². The Bertz CT molecular complexity index is 1290. The van der Waals surface area contributed by atoms with E-state index in [1.807, 2.05) is 24.0 Å². The number of carbonyl (C=O) groups excluding carboxylic acids is 2. The van der Waals surface area contributed by atoms with Crippen molar-refractivity contribution in [2.24, 2.45) is 0 Å². The van der Waals surface area contributed by atoms with E-state index in [0.29, 0.717) is 33.9 Å². The molecule has 0 saturated carbocycles. The van der Waals surface area contributed by atoms with Gasteiger partial charge in [-0.15, -0.1) is 0 Å². The number of ether oxygens (including phenoxy) is 2. The van der Waals surface area contributed by atoms with Crippen LogP contribution >= 0.6 is 0 Å². The average molecular weight is 492 g/mol. The highest BCUT2D eigenvalue weighted by molar-refractivity contribution is 5.98. The van der Waals surface area contributed by atoms with Crippen molar-refractivity contribution in [3.63, 3.8) is 0 Å². The molecule has 0 radical (unpaired) electrons. The quantitative estimate of drug-likeness (QED) is 0.332.